The molecule has 1 aliphatic heterocycles. The van der Waals surface area contributed by atoms with Gasteiger partial charge in [-0.25, -0.2) is 0 Å². The van der Waals surface area contributed by atoms with E-state index in [1.807, 2.05) is 0 Å². The minimum Gasteiger partial charge on any atom is -0.481 e. The lowest BCUT2D eigenvalue weighted by Gasteiger charge is -2.05. The van der Waals surface area contributed by atoms with E-state index in [4.69, 9.17) is 5.11 Å². The Balaban J connectivity index is 0.00000196. The molecule has 0 spiro atoms. The fraction of sp³-hybridized carbons (Fsp3) is 0.778. The van der Waals surface area contributed by atoms with Gasteiger partial charge in [0.25, 0.3) is 0 Å². The number of rotatable bonds is 6. The molecule has 88 valence electrons. The lowest BCUT2D eigenvalue weighted by Crippen LogP contribution is -2.34. The van der Waals surface area contributed by atoms with Gasteiger partial charge in [0.05, 0.1) is 6.54 Å². The third kappa shape index (κ3) is 7.02. The van der Waals surface area contributed by atoms with Crippen LogP contribution in [0.15, 0.2) is 4.99 Å². The molecule has 0 amide bonds. The van der Waals surface area contributed by atoms with E-state index >= 15 is 0 Å². The molecule has 0 aromatic heterocycles. The van der Waals surface area contributed by atoms with Gasteiger partial charge in [0, 0.05) is 19.5 Å². The SMILES string of the molecule is Cl.O=C(O)CCCCCNC1=NCCN1. The predicted molar refractivity (Wildman–Crippen MR) is 61.7 cm³/mol. The largest absolute Gasteiger partial charge is 0.481 e. The molecule has 0 fully saturated rings. The first-order chi connectivity index (χ1) is 6.79. The average Bonchev–Trinajstić information content (AvgIpc) is 2.63. The van der Waals surface area contributed by atoms with E-state index < -0.39 is 5.97 Å². The van der Waals surface area contributed by atoms with Gasteiger partial charge >= 0.3 is 5.97 Å². The van der Waals surface area contributed by atoms with Crippen molar-refractivity contribution in [1.29, 1.82) is 0 Å². The Kier molecular flexibility index (Phi) is 7.81. The third-order valence-electron chi connectivity index (χ3n) is 2.03. The third-order valence-corrected chi connectivity index (χ3v) is 2.03. The van der Waals surface area contributed by atoms with Gasteiger partial charge in [0.15, 0.2) is 5.96 Å². The van der Waals surface area contributed by atoms with Gasteiger partial charge in [-0.2, -0.15) is 0 Å². The van der Waals surface area contributed by atoms with Gasteiger partial charge in [-0.05, 0) is 12.8 Å². The molecule has 0 radical (unpaired) electrons. The van der Waals surface area contributed by atoms with Gasteiger partial charge < -0.3 is 15.7 Å². The number of guanidine groups is 1. The molecule has 0 aromatic carbocycles. The van der Waals surface area contributed by atoms with Crippen molar-refractivity contribution >= 4 is 24.3 Å². The fourth-order valence-corrected chi connectivity index (χ4v) is 1.30. The van der Waals surface area contributed by atoms with Crippen LogP contribution in [-0.4, -0.2) is 36.7 Å². The van der Waals surface area contributed by atoms with Crippen LogP contribution in [0.5, 0.6) is 0 Å². The van der Waals surface area contributed by atoms with Crippen LogP contribution in [0, 0.1) is 0 Å². The zero-order valence-corrected chi connectivity index (χ0v) is 9.48. The maximum absolute atomic E-state index is 10.2. The maximum Gasteiger partial charge on any atom is 0.303 e. The van der Waals surface area contributed by atoms with Gasteiger partial charge in [0.1, 0.15) is 0 Å². The summed E-state index contributed by atoms with van der Waals surface area (Å²) in [7, 11) is 0. The number of carboxylic acid groups (broad SMARTS) is 1. The van der Waals surface area contributed by atoms with Crippen molar-refractivity contribution in [3.63, 3.8) is 0 Å². The Morgan fingerprint density at radius 2 is 2.27 bits per heavy atom. The summed E-state index contributed by atoms with van der Waals surface area (Å²) < 4.78 is 0. The van der Waals surface area contributed by atoms with Crippen molar-refractivity contribution in [1.82, 2.24) is 10.6 Å². The summed E-state index contributed by atoms with van der Waals surface area (Å²) in [6, 6.07) is 0. The Bertz CT molecular complexity index is 221. The maximum atomic E-state index is 10.2. The monoisotopic (exact) mass is 235 g/mol. The van der Waals surface area contributed by atoms with Crippen molar-refractivity contribution in [3.8, 4) is 0 Å². The molecule has 1 heterocycles. The number of carbonyl (C=O) groups is 1. The molecule has 0 saturated carbocycles. The minimum absolute atomic E-state index is 0. The second-order valence-electron chi connectivity index (χ2n) is 3.29. The molecule has 15 heavy (non-hydrogen) atoms. The van der Waals surface area contributed by atoms with Crippen molar-refractivity contribution < 1.29 is 9.90 Å². The van der Waals surface area contributed by atoms with Crippen molar-refractivity contribution in [2.24, 2.45) is 4.99 Å². The van der Waals surface area contributed by atoms with Crippen molar-refractivity contribution in [3.05, 3.63) is 0 Å². The molecule has 0 aliphatic carbocycles. The van der Waals surface area contributed by atoms with E-state index in [1.165, 1.54) is 0 Å². The summed E-state index contributed by atoms with van der Waals surface area (Å²) in [5.41, 5.74) is 0. The van der Waals surface area contributed by atoms with Crippen LogP contribution in [0.4, 0.5) is 0 Å². The number of hydrogen-bond acceptors (Lipinski definition) is 4. The van der Waals surface area contributed by atoms with E-state index in [2.05, 4.69) is 15.6 Å². The number of hydrogen-bond donors (Lipinski definition) is 3. The molecule has 0 unspecified atom stereocenters. The van der Waals surface area contributed by atoms with Gasteiger partial charge in [-0.1, -0.05) is 6.42 Å². The molecular weight excluding hydrogens is 218 g/mol. The molecule has 0 aromatic rings. The standard InChI is InChI=1S/C9H17N3O2.ClH/c13-8(14)4-2-1-3-5-10-9-11-6-7-12-9;/h1-7H2,(H,13,14)(H2,10,11,12);1H. The Hall–Kier alpha value is -0.970. The zero-order chi connectivity index (χ0) is 10.2. The second-order valence-corrected chi connectivity index (χ2v) is 3.29. The van der Waals surface area contributed by atoms with Crippen LogP contribution < -0.4 is 10.6 Å². The highest BCUT2D eigenvalue weighted by molar-refractivity contribution is 5.85. The van der Waals surface area contributed by atoms with Crippen molar-refractivity contribution in [2.45, 2.75) is 25.7 Å². The molecule has 0 bridgehead atoms. The first kappa shape index (κ1) is 14.0. The normalized spacial score (nSPS) is 13.7. The van der Waals surface area contributed by atoms with E-state index in [9.17, 15) is 4.79 Å². The summed E-state index contributed by atoms with van der Waals surface area (Å²) in [6.45, 7) is 2.63. The topological polar surface area (TPSA) is 73.7 Å². The predicted octanol–water partition coefficient (Wildman–Crippen LogP) is 0.602. The van der Waals surface area contributed by atoms with E-state index in [1.54, 1.807) is 0 Å². The first-order valence-corrected chi connectivity index (χ1v) is 5.03. The summed E-state index contributed by atoms with van der Waals surface area (Å²) in [4.78, 5) is 14.4. The van der Waals surface area contributed by atoms with E-state index in [0.29, 0.717) is 0 Å². The van der Waals surface area contributed by atoms with Crippen molar-refractivity contribution in [2.75, 3.05) is 19.6 Å². The van der Waals surface area contributed by atoms with Crippen LogP contribution in [-0.2, 0) is 4.79 Å². The first-order valence-electron chi connectivity index (χ1n) is 5.03. The lowest BCUT2D eigenvalue weighted by atomic mass is 10.2. The fourth-order valence-electron chi connectivity index (χ4n) is 1.30. The number of nitrogens with zero attached hydrogens (tertiary/aromatic N) is 1. The van der Waals surface area contributed by atoms with Gasteiger partial charge in [0.2, 0.25) is 0 Å². The smallest absolute Gasteiger partial charge is 0.303 e. The molecular formula is C9H18ClN3O2. The number of aliphatic imine (C=N–C) groups is 1. The molecule has 0 atom stereocenters. The number of carboxylic acids is 1. The number of nitrogens with one attached hydrogen (secondary N) is 2. The van der Waals surface area contributed by atoms with Crippen LogP contribution >= 0.6 is 12.4 Å². The number of unbranched alkanes of at least 4 members (excludes halogenated alkanes) is 2. The highest BCUT2D eigenvalue weighted by Crippen LogP contribution is 1.98. The molecule has 5 nitrogen and oxygen atoms in total. The number of halogens is 1. The summed E-state index contributed by atoms with van der Waals surface area (Å²) in [5.74, 6) is 0.169. The molecule has 1 rings (SSSR count). The van der Waals surface area contributed by atoms with Crippen LogP contribution in [0.25, 0.3) is 0 Å². The highest BCUT2D eigenvalue weighted by atomic mass is 35.5. The lowest BCUT2D eigenvalue weighted by molar-refractivity contribution is -0.137. The summed E-state index contributed by atoms with van der Waals surface area (Å²) in [6.07, 6.45) is 2.98. The number of aliphatic carboxylic acids is 1. The van der Waals surface area contributed by atoms with Gasteiger partial charge in [-0.15, -0.1) is 12.4 Å². The Morgan fingerprint density at radius 3 is 2.87 bits per heavy atom. The average molecular weight is 236 g/mol. The zero-order valence-electron chi connectivity index (χ0n) is 8.66. The highest BCUT2D eigenvalue weighted by Gasteiger charge is 2.02. The summed E-state index contributed by atoms with van der Waals surface area (Å²) in [5, 5.41) is 14.7. The second kappa shape index (κ2) is 8.35. The van der Waals surface area contributed by atoms with Crippen LogP contribution in [0.1, 0.15) is 25.7 Å². The van der Waals surface area contributed by atoms with E-state index in [0.717, 1.165) is 44.9 Å². The van der Waals surface area contributed by atoms with Crippen LogP contribution in [0.3, 0.4) is 0 Å². The van der Waals surface area contributed by atoms with Crippen LogP contribution in [0.2, 0.25) is 0 Å². The Labute approximate surface area is 95.8 Å². The van der Waals surface area contributed by atoms with Gasteiger partial charge in [-0.3, -0.25) is 9.79 Å². The summed E-state index contributed by atoms with van der Waals surface area (Å²) >= 11 is 0. The molecule has 3 N–H and O–H groups in total. The quantitative estimate of drug-likeness (QED) is 0.590. The molecule has 6 heteroatoms. The Morgan fingerprint density at radius 1 is 1.47 bits per heavy atom. The minimum atomic E-state index is -0.709. The molecule has 1 aliphatic rings. The van der Waals surface area contributed by atoms with E-state index in [-0.39, 0.29) is 18.8 Å². The molecule has 0 saturated heterocycles.